The molecule has 0 spiro atoms. The lowest BCUT2D eigenvalue weighted by atomic mass is 10.1. The number of sulfonamides is 1. The normalized spacial score (nSPS) is 15.7. The molecule has 2 N–H and O–H groups in total. The highest BCUT2D eigenvalue weighted by atomic mass is 35.5. The van der Waals surface area contributed by atoms with E-state index in [2.05, 4.69) is 14.6 Å². The molecule has 3 aromatic rings. The first-order valence-electron chi connectivity index (χ1n) is 11.1. The van der Waals surface area contributed by atoms with Gasteiger partial charge in [-0.3, -0.25) is 9.69 Å². The lowest BCUT2D eigenvalue weighted by Gasteiger charge is -2.32. The lowest BCUT2D eigenvalue weighted by Crippen LogP contribution is -2.44. The summed E-state index contributed by atoms with van der Waals surface area (Å²) in [6, 6.07) is 13.1. The second kappa shape index (κ2) is 10.1. The van der Waals surface area contributed by atoms with Crippen molar-refractivity contribution in [2.75, 3.05) is 13.1 Å². The van der Waals surface area contributed by atoms with E-state index in [1.54, 1.807) is 6.07 Å². The molecule has 4 rings (SSSR count). The van der Waals surface area contributed by atoms with Crippen LogP contribution in [0.4, 0.5) is 0 Å². The summed E-state index contributed by atoms with van der Waals surface area (Å²) in [6.45, 7) is 6.27. The number of hydrogen-bond acceptors (Lipinski definition) is 5. The fourth-order valence-electron chi connectivity index (χ4n) is 4.13. The summed E-state index contributed by atoms with van der Waals surface area (Å²) in [6.07, 6.45) is 2.16. The molecule has 1 saturated heterocycles. The highest BCUT2D eigenvalue weighted by molar-refractivity contribution is 7.91. The second-order valence-electron chi connectivity index (χ2n) is 8.43. The molecule has 0 radical (unpaired) electrons. The molecule has 0 atom stereocenters. The Labute approximate surface area is 203 Å². The smallest absolute Gasteiger partial charge is 0.251 e. The van der Waals surface area contributed by atoms with Crippen molar-refractivity contribution in [2.45, 2.75) is 49.9 Å². The van der Waals surface area contributed by atoms with Crippen molar-refractivity contribution in [1.82, 2.24) is 14.6 Å². The van der Waals surface area contributed by atoms with E-state index in [4.69, 9.17) is 11.6 Å². The first-order chi connectivity index (χ1) is 15.7. The van der Waals surface area contributed by atoms with E-state index in [1.165, 1.54) is 16.9 Å². The average molecular weight is 506 g/mol. The number of H-pyrrole nitrogens is 1. The van der Waals surface area contributed by atoms with Crippen LogP contribution in [0.25, 0.3) is 10.4 Å². The van der Waals surface area contributed by atoms with Crippen LogP contribution in [-0.2, 0) is 23.0 Å². The van der Waals surface area contributed by atoms with Crippen LogP contribution in [-0.4, -0.2) is 37.4 Å². The third-order valence-corrected chi connectivity index (χ3v) is 9.42. The van der Waals surface area contributed by atoms with Gasteiger partial charge in [-0.25, -0.2) is 13.1 Å². The van der Waals surface area contributed by atoms with Crippen LogP contribution in [0.15, 0.2) is 51.5 Å². The summed E-state index contributed by atoms with van der Waals surface area (Å²) in [7, 11) is -3.60. The maximum absolute atomic E-state index is 13.0. The van der Waals surface area contributed by atoms with E-state index < -0.39 is 10.0 Å². The van der Waals surface area contributed by atoms with Crippen LogP contribution >= 0.6 is 22.9 Å². The van der Waals surface area contributed by atoms with Gasteiger partial charge < -0.3 is 4.98 Å². The molecule has 0 saturated carbocycles. The van der Waals surface area contributed by atoms with Crippen LogP contribution in [0.3, 0.4) is 0 Å². The second-order valence-corrected chi connectivity index (χ2v) is 11.9. The number of benzene rings is 1. The van der Waals surface area contributed by atoms with Gasteiger partial charge in [-0.2, -0.15) is 0 Å². The van der Waals surface area contributed by atoms with Crippen molar-refractivity contribution in [3.05, 3.63) is 74.7 Å². The van der Waals surface area contributed by atoms with Crippen LogP contribution in [0.2, 0.25) is 5.02 Å². The zero-order valence-corrected chi connectivity index (χ0v) is 21.1. The monoisotopic (exact) mass is 505 g/mol. The first-order valence-corrected chi connectivity index (χ1v) is 13.7. The van der Waals surface area contributed by atoms with Crippen LogP contribution in [0, 0.1) is 6.92 Å². The van der Waals surface area contributed by atoms with Crippen molar-refractivity contribution in [1.29, 1.82) is 0 Å². The number of thiophene rings is 1. The number of pyridine rings is 1. The maximum atomic E-state index is 13.0. The molecule has 1 aliphatic heterocycles. The molecule has 3 heterocycles. The van der Waals surface area contributed by atoms with Gasteiger partial charge in [0.1, 0.15) is 4.21 Å². The SMILES string of the molecule is CCc1cc(-c2ccc(S(=O)(=O)NC3CCN(Cc4ccc(Cl)cc4)CC3)s2)c(C)[nH]c1=O. The number of aryl methyl sites for hydroxylation is 2. The van der Waals surface area contributed by atoms with Gasteiger partial charge in [-0.05, 0) is 62.1 Å². The maximum Gasteiger partial charge on any atom is 0.251 e. The van der Waals surface area contributed by atoms with Crippen LogP contribution in [0.5, 0.6) is 0 Å². The molecule has 0 unspecified atom stereocenters. The van der Waals surface area contributed by atoms with E-state index in [0.717, 1.165) is 53.6 Å². The van der Waals surface area contributed by atoms with Crippen molar-refractivity contribution in [3.8, 4) is 10.4 Å². The van der Waals surface area contributed by atoms with Crippen molar-refractivity contribution >= 4 is 33.0 Å². The molecule has 0 bridgehead atoms. The molecule has 176 valence electrons. The van der Waals surface area contributed by atoms with E-state index in [0.29, 0.717) is 16.2 Å². The topological polar surface area (TPSA) is 82.3 Å². The number of rotatable bonds is 7. The fraction of sp³-hybridized carbons (Fsp3) is 0.375. The molecule has 0 amide bonds. The van der Waals surface area contributed by atoms with Gasteiger partial charge in [0.15, 0.2) is 0 Å². The van der Waals surface area contributed by atoms with Crippen LogP contribution in [0.1, 0.15) is 36.6 Å². The van der Waals surface area contributed by atoms with E-state index >= 15 is 0 Å². The van der Waals surface area contributed by atoms with Crippen molar-refractivity contribution in [3.63, 3.8) is 0 Å². The highest BCUT2D eigenvalue weighted by Crippen LogP contribution is 2.32. The summed E-state index contributed by atoms with van der Waals surface area (Å²) < 4.78 is 29.2. The number of piperidine rings is 1. The predicted molar refractivity (Wildman–Crippen MR) is 135 cm³/mol. The minimum Gasteiger partial charge on any atom is -0.326 e. The van der Waals surface area contributed by atoms with Crippen molar-refractivity contribution in [2.24, 2.45) is 0 Å². The Bertz CT molecular complexity index is 1280. The summed E-state index contributed by atoms with van der Waals surface area (Å²) in [4.78, 5) is 18.0. The molecule has 6 nitrogen and oxygen atoms in total. The molecule has 1 aliphatic rings. The number of aromatic amines is 1. The third-order valence-electron chi connectivity index (χ3n) is 6.04. The standard InChI is InChI=1S/C24H28ClN3O3S2/c1-3-18-14-21(16(2)26-24(18)29)22-8-9-23(32-22)33(30,31)27-20-10-12-28(13-11-20)15-17-4-6-19(25)7-5-17/h4-9,14,20,27H,3,10-13,15H2,1-2H3,(H,26,29). The Kier molecular flexibility index (Phi) is 7.40. The van der Waals surface area contributed by atoms with E-state index in [1.807, 2.05) is 50.2 Å². The largest absolute Gasteiger partial charge is 0.326 e. The number of aromatic nitrogens is 1. The number of nitrogens with one attached hydrogen (secondary N) is 2. The van der Waals surface area contributed by atoms with Crippen LogP contribution < -0.4 is 10.3 Å². The minimum absolute atomic E-state index is 0.0801. The molecule has 9 heteroatoms. The number of hydrogen-bond donors (Lipinski definition) is 2. The fourth-order valence-corrected chi connectivity index (χ4v) is 6.96. The average Bonchev–Trinajstić information content (AvgIpc) is 3.28. The molecule has 1 fully saturated rings. The lowest BCUT2D eigenvalue weighted by molar-refractivity contribution is 0.200. The Hall–Kier alpha value is -1.97. The van der Waals surface area contributed by atoms with Gasteiger partial charge in [-0.1, -0.05) is 30.7 Å². The Balaban J connectivity index is 1.40. The van der Waals surface area contributed by atoms with E-state index in [-0.39, 0.29) is 11.6 Å². The third kappa shape index (κ3) is 5.75. The Morgan fingerprint density at radius 3 is 2.52 bits per heavy atom. The predicted octanol–water partition coefficient (Wildman–Crippen LogP) is 4.57. The van der Waals surface area contributed by atoms with Gasteiger partial charge in [0.05, 0.1) is 0 Å². The Morgan fingerprint density at radius 1 is 1.15 bits per heavy atom. The summed E-state index contributed by atoms with van der Waals surface area (Å²) >= 11 is 7.19. The van der Waals surface area contributed by atoms with Gasteiger partial charge >= 0.3 is 0 Å². The molecular formula is C24H28ClN3O3S2. The number of likely N-dealkylation sites (tertiary alicyclic amines) is 1. The minimum atomic E-state index is -3.60. The quantitative estimate of drug-likeness (QED) is 0.492. The van der Waals surface area contributed by atoms with Gasteiger partial charge in [0.25, 0.3) is 5.56 Å². The Morgan fingerprint density at radius 2 is 1.85 bits per heavy atom. The van der Waals surface area contributed by atoms with Gasteiger partial charge in [0.2, 0.25) is 10.0 Å². The number of nitrogens with zero attached hydrogens (tertiary/aromatic N) is 1. The molecule has 33 heavy (non-hydrogen) atoms. The van der Waals surface area contributed by atoms with Crippen molar-refractivity contribution < 1.29 is 8.42 Å². The molecule has 2 aromatic heterocycles. The molecular weight excluding hydrogens is 478 g/mol. The van der Waals surface area contributed by atoms with Gasteiger partial charge in [0, 0.05) is 52.4 Å². The highest BCUT2D eigenvalue weighted by Gasteiger charge is 2.26. The zero-order valence-electron chi connectivity index (χ0n) is 18.7. The van der Waals surface area contributed by atoms with E-state index in [9.17, 15) is 13.2 Å². The summed E-state index contributed by atoms with van der Waals surface area (Å²) in [5.74, 6) is 0. The number of halogens is 1. The first kappa shape index (κ1) is 24.2. The molecule has 1 aromatic carbocycles. The zero-order chi connectivity index (χ0) is 23.6. The van der Waals surface area contributed by atoms with Gasteiger partial charge in [-0.15, -0.1) is 11.3 Å². The molecule has 0 aliphatic carbocycles. The summed E-state index contributed by atoms with van der Waals surface area (Å²) in [5, 5.41) is 0.727. The summed E-state index contributed by atoms with van der Waals surface area (Å²) in [5.41, 5.74) is 3.41.